The lowest BCUT2D eigenvalue weighted by Gasteiger charge is -2.32. The van der Waals surface area contributed by atoms with Crippen molar-refractivity contribution in [3.8, 4) is 5.75 Å². The fraction of sp³-hybridized carbons (Fsp3) is 0.429. The van der Waals surface area contributed by atoms with Gasteiger partial charge in [0.05, 0.1) is 0 Å². The van der Waals surface area contributed by atoms with Gasteiger partial charge in [0.15, 0.2) is 0 Å². The third-order valence-electron chi connectivity index (χ3n) is 4.73. The first kappa shape index (κ1) is 17.0. The van der Waals surface area contributed by atoms with Gasteiger partial charge in [0.1, 0.15) is 12.4 Å². The highest BCUT2D eigenvalue weighted by Crippen LogP contribution is 2.21. The van der Waals surface area contributed by atoms with Gasteiger partial charge in [0.25, 0.3) is 0 Å². The number of likely N-dealkylation sites (N-methyl/N-ethyl adjacent to an activating group) is 1. The Balaban J connectivity index is 1.48. The Bertz CT molecular complexity index is 606. The lowest BCUT2D eigenvalue weighted by molar-refractivity contribution is 0.153. The van der Waals surface area contributed by atoms with Crippen LogP contribution in [0.15, 0.2) is 54.6 Å². The van der Waals surface area contributed by atoms with E-state index < -0.39 is 0 Å². The molecule has 1 saturated heterocycles. The fourth-order valence-corrected chi connectivity index (χ4v) is 3.15. The van der Waals surface area contributed by atoms with E-state index in [9.17, 15) is 0 Å². The van der Waals surface area contributed by atoms with E-state index in [4.69, 9.17) is 4.74 Å². The maximum Gasteiger partial charge on any atom is 0.122 e. The summed E-state index contributed by atoms with van der Waals surface area (Å²) in [5.41, 5.74) is 2.53. The van der Waals surface area contributed by atoms with Crippen LogP contribution in [0, 0.1) is 0 Å². The van der Waals surface area contributed by atoms with E-state index >= 15 is 0 Å². The fourth-order valence-electron chi connectivity index (χ4n) is 3.15. The Morgan fingerprint density at radius 3 is 2.38 bits per heavy atom. The van der Waals surface area contributed by atoms with E-state index in [0.29, 0.717) is 6.61 Å². The molecular weight excluding hydrogens is 296 g/mol. The van der Waals surface area contributed by atoms with Crippen LogP contribution in [-0.2, 0) is 13.0 Å². The van der Waals surface area contributed by atoms with Gasteiger partial charge in [0.2, 0.25) is 0 Å². The molecule has 0 radical (unpaired) electrons. The number of hydrogen-bond donors (Lipinski definition) is 0. The molecule has 3 heteroatoms. The summed E-state index contributed by atoms with van der Waals surface area (Å²) in [5, 5.41) is 0. The summed E-state index contributed by atoms with van der Waals surface area (Å²) in [6.07, 6.45) is 2.27. The standard InChI is InChI=1S/C21H28N2O/c1-22-14-16-23(17-15-22)13-7-11-20-10-5-6-12-21(20)24-18-19-8-3-2-4-9-19/h2-6,8-10,12H,7,11,13-18H2,1H3. The summed E-state index contributed by atoms with van der Waals surface area (Å²) < 4.78 is 6.06. The quantitative estimate of drug-likeness (QED) is 0.776. The first-order chi connectivity index (χ1) is 11.8. The van der Waals surface area contributed by atoms with Crippen molar-refractivity contribution in [2.24, 2.45) is 0 Å². The lowest BCUT2D eigenvalue weighted by Crippen LogP contribution is -2.44. The highest BCUT2D eigenvalue weighted by Gasteiger charge is 2.13. The second kappa shape index (κ2) is 8.86. The molecule has 2 aromatic carbocycles. The van der Waals surface area contributed by atoms with Crippen molar-refractivity contribution in [3.05, 3.63) is 65.7 Å². The van der Waals surface area contributed by atoms with Crippen LogP contribution in [0.5, 0.6) is 5.75 Å². The summed E-state index contributed by atoms with van der Waals surface area (Å²) in [7, 11) is 2.21. The zero-order chi connectivity index (χ0) is 16.6. The van der Waals surface area contributed by atoms with E-state index in [1.807, 2.05) is 6.07 Å². The number of aryl methyl sites for hydroxylation is 1. The smallest absolute Gasteiger partial charge is 0.122 e. The Morgan fingerprint density at radius 1 is 0.875 bits per heavy atom. The summed E-state index contributed by atoms with van der Waals surface area (Å²) in [4.78, 5) is 4.98. The van der Waals surface area contributed by atoms with Crippen molar-refractivity contribution in [2.45, 2.75) is 19.4 Å². The second-order valence-corrected chi connectivity index (χ2v) is 6.63. The molecule has 0 amide bonds. The van der Waals surface area contributed by atoms with Crippen molar-refractivity contribution in [1.29, 1.82) is 0 Å². The minimum absolute atomic E-state index is 0.635. The summed E-state index contributed by atoms with van der Waals surface area (Å²) in [6, 6.07) is 18.8. The van der Waals surface area contributed by atoms with Gasteiger partial charge in [0, 0.05) is 26.2 Å². The monoisotopic (exact) mass is 324 g/mol. The maximum absolute atomic E-state index is 6.06. The summed E-state index contributed by atoms with van der Waals surface area (Å²) in [5.74, 6) is 1.03. The molecule has 0 saturated carbocycles. The molecule has 0 aliphatic carbocycles. The first-order valence-electron chi connectivity index (χ1n) is 8.97. The molecule has 3 rings (SSSR count). The molecular formula is C21H28N2O. The minimum atomic E-state index is 0.635. The number of ether oxygens (including phenoxy) is 1. The average molecular weight is 324 g/mol. The van der Waals surface area contributed by atoms with Crippen molar-refractivity contribution in [1.82, 2.24) is 9.80 Å². The van der Waals surface area contributed by atoms with Gasteiger partial charge in [-0.3, -0.25) is 0 Å². The van der Waals surface area contributed by atoms with Crippen LogP contribution in [-0.4, -0.2) is 49.6 Å². The molecule has 128 valence electrons. The highest BCUT2D eigenvalue weighted by molar-refractivity contribution is 5.33. The molecule has 1 fully saturated rings. The molecule has 0 spiro atoms. The third kappa shape index (κ3) is 5.08. The Kier molecular flexibility index (Phi) is 6.27. The number of benzene rings is 2. The van der Waals surface area contributed by atoms with Gasteiger partial charge in [-0.2, -0.15) is 0 Å². The molecule has 0 unspecified atom stereocenters. The van der Waals surface area contributed by atoms with Gasteiger partial charge in [-0.15, -0.1) is 0 Å². The van der Waals surface area contributed by atoms with E-state index in [1.54, 1.807) is 0 Å². The molecule has 2 aromatic rings. The summed E-state index contributed by atoms with van der Waals surface area (Å²) >= 11 is 0. The Morgan fingerprint density at radius 2 is 1.58 bits per heavy atom. The number of rotatable bonds is 7. The van der Waals surface area contributed by atoms with Crippen LogP contribution in [0.1, 0.15) is 17.5 Å². The van der Waals surface area contributed by atoms with Gasteiger partial charge < -0.3 is 14.5 Å². The predicted octanol–water partition coefficient (Wildman–Crippen LogP) is 3.45. The van der Waals surface area contributed by atoms with E-state index in [-0.39, 0.29) is 0 Å². The molecule has 1 aliphatic heterocycles. The largest absolute Gasteiger partial charge is 0.489 e. The maximum atomic E-state index is 6.06. The Hall–Kier alpha value is -1.84. The van der Waals surface area contributed by atoms with Gasteiger partial charge in [-0.1, -0.05) is 48.5 Å². The van der Waals surface area contributed by atoms with Crippen LogP contribution in [0.3, 0.4) is 0 Å². The van der Waals surface area contributed by atoms with Crippen molar-refractivity contribution >= 4 is 0 Å². The van der Waals surface area contributed by atoms with Crippen LogP contribution >= 0.6 is 0 Å². The van der Waals surface area contributed by atoms with Crippen molar-refractivity contribution in [2.75, 3.05) is 39.8 Å². The van der Waals surface area contributed by atoms with E-state index in [2.05, 4.69) is 65.4 Å². The van der Waals surface area contributed by atoms with Gasteiger partial charge in [-0.05, 0) is 43.6 Å². The summed E-state index contributed by atoms with van der Waals surface area (Å²) in [6.45, 7) is 6.59. The molecule has 1 heterocycles. The van der Waals surface area contributed by atoms with Crippen LogP contribution in [0.4, 0.5) is 0 Å². The van der Waals surface area contributed by atoms with Crippen LogP contribution in [0.2, 0.25) is 0 Å². The molecule has 0 N–H and O–H groups in total. The number of hydrogen-bond acceptors (Lipinski definition) is 3. The SMILES string of the molecule is CN1CCN(CCCc2ccccc2OCc2ccccc2)CC1. The average Bonchev–Trinajstić information content (AvgIpc) is 2.63. The molecule has 1 aliphatic rings. The zero-order valence-electron chi connectivity index (χ0n) is 14.7. The van der Waals surface area contributed by atoms with Crippen LogP contribution in [0.25, 0.3) is 0 Å². The second-order valence-electron chi connectivity index (χ2n) is 6.63. The predicted molar refractivity (Wildman–Crippen MR) is 99.5 cm³/mol. The molecule has 0 bridgehead atoms. The Labute approximate surface area is 145 Å². The van der Waals surface area contributed by atoms with Crippen molar-refractivity contribution < 1.29 is 4.74 Å². The molecule has 24 heavy (non-hydrogen) atoms. The lowest BCUT2D eigenvalue weighted by atomic mass is 10.1. The first-order valence-corrected chi connectivity index (χ1v) is 8.97. The molecule has 0 aromatic heterocycles. The zero-order valence-corrected chi connectivity index (χ0v) is 14.7. The van der Waals surface area contributed by atoms with Crippen molar-refractivity contribution in [3.63, 3.8) is 0 Å². The third-order valence-corrected chi connectivity index (χ3v) is 4.73. The number of nitrogens with zero attached hydrogens (tertiary/aromatic N) is 2. The molecule has 0 atom stereocenters. The van der Waals surface area contributed by atoms with E-state index in [1.165, 1.54) is 50.3 Å². The van der Waals surface area contributed by atoms with E-state index in [0.717, 1.165) is 12.2 Å². The molecule has 3 nitrogen and oxygen atoms in total. The topological polar surface area (TPSA) is 15.7 Å². The normalized spacial score (nSPS) is 16.2. The van der Waals surface area contributed by atoms with Gasteiger partial charge >= 0.3 is 0 Å². The highest BCUT2D eigenvalue weighted by atomic mass is 16.5. The number of piperazine rings is 1. The van der Waals surface area contributed by atoms with Crippen LogP contribution < -0.4 is 4.74 Å². The minimum Gasteiger partial charge on any atom is -0.489 e. The number of para-hydroxylation sites is 1. The van der Waals surface area contributed by atoms with Gasteiger partial charge in [-0.25, -0.2) is 0 Å².